The fraction of sp³-hybridized carbons (Fsp3) is 0.636. The van der Waals surface area contributed by atoms with Gasteiger partial charge in [0.15, 0.2) is 0 Å². The molecule has 0 radical (unpaired) electrons. The molecule has 1 atom stereocenters. The third-order valence-electron chi connectivity index (χ3n) is 2.85. The van der Waals surface area contributed by atoms with Crippen molar-refractivity contribution in [3.63, 3.8) is 0 Å². The molecular weight excluding hydrogens is 226 g/mol. The zero-order valence-corrected chi connectivity index (χ0v) is 11.1. The highest BCUT2D eigenvalue weighted by Crippen LogP contribution is 2.16. The first-order valence-electron chi connectivity index (χ1n) is 5.31. The third-order valence-corrected chi connectivity index (χ3v) is 2.85. The van der Waals surface area contributed by atoms with Crippen LogP contribution in [0.25, 0.3) is 0 Å². The second-order valence-electron chi connectivity index (χ2n) is 4.10. The second kappa shape index (κ2) is 5.46. The summed E-state index contributed by atoms with van der Waals surface area (Å²) in [6.07, 6.45) is 1.43. The predicted octanol–water partition coefficient (Wildman–Crippen LogP) is 1.65. The van der Waals surface area contributed by atoms with Crippen LogP contribution < -0.4 is 11.3 Å². The van der Waals surface area contributed by atoms with E-state index >= 15 is 0 Å². The van der Waals surface area contributed by atoms with Gasteiger partial charge in [0.05, 0.1) is 5.54 Å². The molecule has 1 rings (SSSR count). The Morgan fingerprint density at radius 3 is 2.38 bits per heavy atom. The first-order chi connectivity index (χ1) is 6.92. The average molecular weight is 246 g/mol. The van der Waals surface area contributed by atoms with Crippen LogP contribution in [0.1, 0.15) is 44.3 Å². The average Bonchev–Trinajstić information content (AvgIpc) is 2.17. The van der Waals surface area contributed by atoms with Crippen molar-refractivity contribution >= 4 is 12.4 Å². The molecule has 16 heavy (non-hydrogen) atoms. The Labute approximate surface area is 102 Å². The molecule has 3 N–H and O–H groups in total. The largest absolute Gasteiger partial charge is 0.319 e. The highest BCUT2D eigenvalue weighted by Gasteiger charge is 2.22. The summed E-state index contributed by atoms with van der Waals surface area (Å²) in [7, 11) is 0. The molecule has 0 aliphatic heterocycles. The molecular formula is C11H20ClN3O. The second-order valence-corrected chi connectivity index (χ2v) is 4.10. The van der Waals surface area contributed by atoms with Gasteiger partial charge in [-0.2, -0.15) is 0 Å². The molecule has 5 heteroatoms. The fourth-order valence-electron chi connectivity index (χ4n) is 1.46. The molecule has 1 heterocycles. The minimum absolute atomic E-state index is 0. The van der Waals surface area contributed by atoms with Crippen molar-refractivity contribution < 1.29 is 0 Å². The summed E-state index contributed by atoms with van der Waals surface area (Å²) < 4.78 is 0. The maximum absolute atomic E-state index is 11.7. The Bertz CT molecular complexity index is 412. The Kier molecular flexibility index (Phi) is 5.16. The van der Waals surface area contributed by atoms with Crippen LogP contribution in [0.4, 0.5) is 0 Å². The molecule has 4 nitrogen and oxygen atoms in total. The molecule has 92 valence electrons. The van der Waals surface area contributed by atoms with E-state index in [4.69, 9.17) is 5.73 Å². The summed E-state index contributed by atoms with van der Waals surface area (Å²) in [5, 5.41) is 0. The Morgan fingerprint density at radius 2 is 2.00 bits per heavy atom. The SMILES string of the molecule is CCc1c(C)nc(C(C)(N)CC)[nH]c1=O.Cl. The minimum atomic E-state index is -0.559. The van der Waals surface area contributed by atoms with E-state index in [0.717, 1.165) is 17.7 Å². The zero-order valence-electron chi connectivity index (χ0n) is 10.3. The van der Waals surface area contributed by atoms with E-state index < -0.39 is 5.54 Å². The monoisotopic (exact) mass is 245 g/mol. The summed E-state index contributed by atoms with van der Waals surface area (Å²) in [6.45, 7) is 7.64. The van der Waals surface area contributed by atoms with Gasteiger partial charge in [-0.05, 0) is 26.7 Å². The van der Waals surface area contributed by atoms with Crippen LogP contribution in [0.2, 0.25) is 0 Å². The summed E-state index contributed by atoms with van der Waals surface area (Å²) in [4.78, 5) is 18.8. The first-order valence-corrected chi connectivity index (χ1v) is 5.31. The van der Waals surface area contributed by atoms with E-state index in [2.05, 4.69) is 9.97 Å². The first kappa shape index (κ1) is 15.1. The third kappa shape index (κ3) is 2.83. The van der Waals surface area contributed by atoms with Crippen LogP contribution in [0, 0.1) is 6.92 Å². The Balaban J connectivity index is 0.00000225. The van der Waals surface area contributed by atoms with Gasteiger partial charge in [0.2, 0.25) is 0 Å². The topological polar surface area (TPSA) is 71.8 Å². The minimum Gasteiger partial charge on any atom is -0.319 e. The van der Waals surface area contributed by atoms with Gasteiger partial charge >= 0.3 is 0 Å². The highest BCUT2D eigenvalue weighted by atomic mass is 35.5. The Morgan fingerprint density at radius 1 is 1.44 bits per heavy atom. The molecule has 0 saturated heterocycles. The van der Waals surface area contributed by atoms with Crippen molar-refractivity contribution in [2.75, 3.05) is 0 Å². The van der Waals surface area contributed by atoms with Crippen molar-refractivity contribution in [3.05, 3.63) is 27.4 Å². The summed E-state index contributed by atoms with van der Waals surface area (Å²) in [5.74, 6) is 0.574. The number of nitrogens with two attached hydrogens (primary N) is 1. The van der Waals surface area contributed by atoms with E-state index in [1.807, 2.05) is 27.7 Å². The maximum atomic E-state index is 11.7. The van der Waals surface area contributed by atoms with Gasteiger partial charge in [0.1, 0.15) is 5.82 Å². The molecule has 0 aliphatic carbocycles. The number of hydrogen-bond donors (Lipinski definition) is 2. The molecule has 0 aromatic carbocycles. The lowest BCUT2D eigenvalue weighted by molar-refractivity contribution is 0.441. The number of rotatable bonds is 3. The maximum Gasteiger partial charge on any atom is 0.254 e. The number of nitrogens with one attached hydrogen (secondary N) is 1. The fourth-order valence-corrected chi connectivity index (χ4v) is 1.46. The standard InChI is InChI=1S/C11H19N3O.ClH/c1-5-8-7(3)13-10(14-9(8)15)11(4,12)6-2;/h5-6,12H2,1-4H3,(H,13,14,15);1H. The normalized spacial score (nSPS) is 14.1. The number of H-pyrrole nitrogens is 1. The molecule has 0 saturated carbocycles. The molecule has 0 spiro atoms. The van der Waals surface area contributed by atoms with Crippen LogP contribution in [0.3, 0.4) is 0 Å². The van der Waals surface area contributed by atoms with Crippen molar-refractivity contribution in [3.8, 4) is 0 Å². The van der Waals surface area contributed by atoms with Crippen LogP contribution in [0.15, 0.2) is 4.79 Å². The van der Waals surface area contributed by atoms with Crippen LogP contribution in [0.5, 0.6) is 0 Å². The molecule has 0 aliphatic rings. The lowest BCUT2D eigenvalue weighted by Crippen LogP contribution is -2.37. The molecule has 0 fully saturated rings. The molecule has 0 amide bonds. The van der Waals surface area contributed by atoms with Crippen molar-refractivity contribution in [2.45, 2.75) is 46.1 Å². The summed E-state index contributed by atoms with van der Waals surface area (Å²) in [6, 6.07) is 0. The highest BCUT2D eigenvalue weighted by molar-refractivity contribution is 5.85. The van der Waals surface area contributed by atoms with Gasteiger partial charge in [-0.3, -0.25) is 4.79 Å². The zero-order chi connectivity index (χ0) is 11.6. The van der Waals surface area contributed by atoms with Gasteiger partial charge in [-0.15, -0.1) is 12.4 Å². The number of hydrogen-bond acceptors (Lipinski definition) is 3. The van der Waals surface area contributed by atoms with Crippen LogP contribution in [-0.2, 0) is 12.0 Å². The van der Waals surface area contributed by atoms with E-state index in [9.17, 15) is 4.79 Å². The van der Waals surface area contributed by atoms with Gasteiger partial charge in [-0.1, -0.05) is 13.8 Å². The molecule has 1 unspecified atom stereocenters. The van der Waals surface area contributed by atoms with Crippen molar-refractivity contribution in [1.82, 2.24) is 9.97 Å². The van der Waals surface area contributed by atoms with Crippen molar-refractivity contribution in [1.29, 1.82) is 0 Å². The lowest BCUT2D eigenvalue weighted by Gasteiger charge is -2.22. The van der Waals surface area contributed by atoms with Crippen LogP contribution >= 0.6 is 12.4 Å². The van der Waals surface area contributed by atoms with E-state index in [1.165, 1.54) is 0 Å². The number of nitrogens with zero attached hydrogens (tertiary/aromatic N) is 1. The van der Waals surface area contributed by atoms with Gasteiger partial charge < -0.3 is 10.7 Å². The molecule has 1 aromatic heterocycles. The number of halogens is 1. The predicted molar refractivity (Wildman–Crippen MR) is 68.1 cm³/mol. The van der Waals surface area contributed by atoms with Crippen LogP contribution in [-0.4, -0.2) is 9.97 Å². The number of aryl methyl sites for hydroxylation is 1. The van der Waals surface area contributed by atoms with E-state index in [-0.39, 0.29) is 18.0 Å². The lowest BCUT2D eigenvalue weighted by atomic mass is 9.99. The van der Waals surface area contributed by atoms with Gasteiger partial charge in [0.25, 0.3) is 5.56 Å². The quantitative estimate of drug-likeness (QED) is 0.851. The van der Waals surface area contributed by atoms with E-state index in [0.29, 0.717) is 12.2 Å². The molecule has 1 aromatic rings. The summed E-state index contributed by atoms with van der Waals surface area (Å²) >= 11 is 0. The van der Waals surface area contributed by atoms with Gasteiger partial charge in [0, 0.05) is 11.3 Å². The van der Waals surface area contributed by atoms with Gasteiger partial charge in [-0.25, -0.2) is 4.98 Å². The number of aromatic nitrogens is 2. The van der Waals surface area contributed by atoms with E-state index in [1.54, 1.807) is 0 Å². The number of aromatic amines is 1. The van der Waals surface area contributed by atoms with Crippen molar-refractivity contribution in [2.24, 2.45) is 5.73 Å². The summed E-state index contributed by atoms with van der Waals surface area (Å²) in [5.41, 5.74) is 6.93. The smallest absolute Gasteiger partial charge is 0.254 e. The Hall–Kier alpha value is -0.870. The molecule has 0 bridgehead atoms.